The van der Waals surface area contributed by atoms with Crippen molar-refractivity contribution in [1.29, 1.82) is 0 Å². The molecular formula is C11H22N2O4. The molecule has 0 aromatic rings. The topological polar surface area (TPSA) is 68.8 Å². The van der Waals surface area contributed by atoms with E-state index >= 15 is 0 Å². The van der Waals surface area contributed by atoms with Gasteiger partial charge < -0.3 is 24.8 Å². The molecule has 0 radical (unpaired) electrons. The molecule has 0 aromatic heterocycles. The van der Waals surface area contributed by atoms with Crippen molar-refractivity contribution in [1.82, 2.24) is 10.6 Å². The Kier molecular flexibility index (Phi) is 7.11. The Bertz CT molecular complexity index is 226. The van der Waals surface area contributed by atoms with Crippen molar-refractivity contribution < 1.29 is 19.0 Å². The van der Waals surface area contributed by atoms with E-state index in [2.05, 4.69) is 10.6 Å². The van der Waals surface area contributed by atoms with Crippen LogP contribution in [0.5, 0.6) is 0 Å². The molecule has 1 aliphatic rings. The first-order valence-electron chi connectivity index (χ1n) is 5.88. The molecule has 17 heavy (non-hydrogen) atoms. The van der Waals surface area contributed by atoms with Gasteiger partial charge in [-0.2, -0.15) is 0 Å². The van der Waals surface area contributed by atoms with Gasteiger partial charge in [-0.1, -0.05) is 0 Å². The molecule has 2 N–H and O–H groups in total. The van der Waals surface area contributed by atoms with E-state index in [0.29, 0.717) is 26.4 Å². The predicted molar refractivity (Wildman–Crippen MR) is 62.9 cm³/mol. The first-order valence-corrected chi connectivity index (χ1v) is 5.88. The first kappa shape index (κ1) is 14.4. The molecule has 6 heteroatoms. The third-order valence-corrected chi connectivity index (χ3v) is 2.72. The lowest BCUT2D eigenvalue weighted by molar-refractivity contribution is -0.123. The number of hydrogen-bond acceptors (Lipinski definition) is 5. The van der Waals surface area contributed by atoms with Gasteiger partial charge in [-0.15, -0.1) is 0 Å². The van der Waals surface area contributed by atoms with Crippen LogP contribution in [0.25, 0.3) is 0 Å². The molecule has 1 fully saturated rings. The second-order valence-corrected chi connectivity index (χ2v) is 3.95. The molecule has 1 heterocycles. The molecule has 0 aliphatic carbocycles. The van der Waals surface area contributed by atoms with Crippen LogP contribution in [0.15, 0.2) is 0 Å². The van der Waals surface area contributed by atoms with Crippen LogP contribution < -0.4 is 10.6 Å². The standard InChI is InChI=1S/C11H22N2O4/c1-15-5-6-17-4-3-12-11(14)10-7-9(16-2)8-13-10/h9-10,13H,3-8H2,1-2H3,(H,12,14). The minimum atomic E-state index is -0.140. The van der Waals surface area contributed by atoms with Crippen LogP contribution in [0, 0.1) is 0 Å². The van der Waals surface area contributed by atoms with Crippen molar-refractivity contribution >= 4 is 5.91 Å². The molecule has 1 saturated heterocycles. The SMILES string of the molecule is COCCOCCNC(=O)C1CC(OC)CN1. The number of methoxy groups -OCH3 is 2. The minimum Gasteiger partial charge on any atom is -0.382 e. The molecule has 1 rings (SSSR count). The molecule has 0 saturated carbocycles. The van der Waals surface area contributed by atoms with E-state index in [0.717, 1.165) is 13.0 Å². The van der Waals surface area contributed by atoms with Gasteiger partial charge in [0.05, 0.1) is 32.0 Å². The van der Waals surface area contributed by atoms with Gasteiger partial charge in [-0.05, 0) is 6.42 Å². The Balaban J connectivity index is 2.01. The van der Waals surface area contributed by atoms with Crippen LogP contribution >= 0.6 is 0 Å². The monoisotopic (exact) mass is 246 g/mol. The van der Waals surface area contributed by atoms with Crippen LogP contribution in [-0.2, 0) is 19.0 Å². The zero-order valence-electron chi connectivity index (χ0n) is 10.5. The summed E-state index contributed by atoms with van der Waals surface area (Å²) >= 11 is 0. The van der Waals surface area contributed by atoms with Crippen molar-refractivity contribution in [2.24, 2.45) is 0 Å². The smallest absolute Gasteiger partial charge is 0.237 e. The largest absolute Gasteiger partial charge is 0.382 e. The van der Waals surface area contributed by atoms with Crippen molar-refractivity contribution in [2.45, 2.75) is 18.6 Å². The fraction of sp³-hybridized carbons (Fsp3) is 0.909. The molecule has 2 unspecified atom stereocenters. The zero-order chi connectivity index (χ0) is 12.5. The molecule has 0 aromatic carbocycles. The third kappa shape index (κ3) is 5.45. The van der Waals surface area contributed by atoms with Gasteiger partial charge in [0.25, 0.3) is 0 Å². The van der Waals surface area contributed by atoms with Gasteiger partial charge in [-0.25, -0.2) is 0 Å². The van der Waals surface area contributed by atoms with E-state index in [1.54, 1.807) is 14.2 Å². The number of rotatable bonds is 8. The Labute approximate surface area is 102 Å². The van der Waals surface area contributed by atoms with E-state index in [-0.39, 0.29) is 18.1 Å². The molecule has 0 bridgehead atoms. The van der Waals surface area contributed by atoms with Gasteiger partial charge in [0, 0.05) is 27.3 Å². The summed E-state index contributed by atoms with van der Waals surface area (Å²) in [5.74, 6) is 0.0138. The van der Waals surface area contributed by atoms with E-state index in [9.17, 15) is 4.79 Å². The molecular weight excluding hydrogens is 224 g/mol. The van der Waals surface area contributed by atoms with E-state index in [1.165, 1.54) is 0 Å². The highest BCUT2D eigenvalue weighted by Crippen LogP contribution is 2.09. The molecule has 1 aliphatic heterocycles. The maximum atomic E-state index is 11.7. The van der Waals surface area contributed by atoms with Crippen molar-refractivity contribution in [3.8, 4) is 0 Å². The number of amides is 1. The van der Waals surface area contributed by atoms with E-state index in [4.69, 9.17) is 14.2 Å². The lowest BCUT2D eigenvalue weighted by Crippen LogP contribution is -2.41. The van der Waals surface area contributed by atoms with Crippen molar-refractivity contribution in [3.63, 3.8) is 0 Å². The Morgan fingerprint density at radius 2 is 2.18 bits per heavy atom. The maximum absolute atomic E-state index is 11.7. The Hall–Kier alpha value is -0.690. The Morgan fingerprint density at radius 3 is 2.82 bits per heavy atom. The van der Waals surface area contributed by atoms with Crippen molar-refractivity contribution in [3.05, 3.63) is 0 Å². The highest BCUT2D eigenvalue weighted by molar-refractivity contribution is 5.82. The lowest BCUT2D eigenvalue weighted by Gasteiger charge is -2.11. The quantitative estimate of drug-likeness (QED) is 0.546. The van der Waals surface area contributed by atoms with Crippen LogP contribution in [0.4, 0.5) is 0 Å². The van der Waals surface area contributed by atoms with Crippen LogP contribution in [0.3, 0.4) is 0 Å². The summed E-state index contributed by atoms with van der Waals surface area (Å²) in [6.45, 7) is 2.90. The number of carbonyl (C=O) groups excluding carboxylic acids is 1. The number of carbonyl (C=O) groups is 1. The van der Waals surface area contributed by atoms with Gasteiger partial charge in [0.1, 0.15) is 0 Å². The summed E-state index contributed by atoms with van der Waals surface area (Å²) < 4.78 is 15.3. The highest BCUT2D eigenvalue weighted by atomic mass is 16.5. The summed E-state index contributed by atoms with van der Waals surface area (Å²) in [6.07, 6.45) is 0.871. The van der Waals surface area contributed by atoms with Crippen LogP contribution in [0.2, 0.25) is 0 Å². The summed E-state index contributed by atoms with van der Waals surface area (Å²) in [6, 6.07) is -0.140. The number of ether oxygens (including phenoxy) is 3. The van der Waals surface area contributed by atoms with Gasteiger partial charge in [-0.3, -0.25) is 4.79 Å². The molecule has 100 valence electrons. The van der Waals surface area contributed by atoms with Gasteiger partial charge in [0.15, 0.2) is 0 Å². The summed E-state index contributed by atoms with van der Waals surface area (Å²) in [4.78, 5) is 11.7. The number of hydrogen-bond donors (Lipinski definition) is 2. The van der Waals surface area contributed by atoms with Crippen molar-refractivity contribution in [2.75, 3.05) is 47.1 Å². The zero-order valence-corrected chi connectivity index (χ0v) is 10.5. The normalized spacial score (nSPS) is 23.9. The second-order valence-electron chi connectivity index (χ2n) is 3.95. The summed E-state index contributed by atoms with van der Waals surface area (Å²) in [5.41, 5.74) is 0. The molecule has 6 nitrogen and oxygen atoms in total. The molecule has 1 amide bonds. The summed E-state index contributed by atoms with van der Waals surface area (Å²) in [5, 5.41) is 5.94. The van der Waals surface area contributed by atoms with Crippen LogP contribution in [0.1, 0.15) is 6.42 Å². The number of nitrogens with one attached hydrogen (secondary N) is 2. The second kappa shape index (κ2) is 8.41. The first-order chi connectivity index (χ1) is 8.27. The van der Waals surface area contributed by atoms with E-state index < -0.39 is 0 Å². The summed E-state index contributed by atoms with van der Waals surface area (Å²) in [7, 11) is 3.29. The van der Waals surface area contributed by atoms with E-state index in [1.807, 2.05) is 0 Å². The Morgan fingerprint density at radius 1 is 1.35 bits per heavy atom. The maximum Gasteiger partial charge on any atom is 0.237 e. The highest BCUT2D eigenvalue weighted by Gasteiger charge is 2.28. The van der Waals surface area contributed by atoms with Crippen LogP contribution in [-0.4, -0.2) is 65.2 Å². The minimum absolute atomic E-state index is 0.0138. The average Bonchev–Trinajstić information content (AvgIpc) is 2.82. The molecule has 2 atom stereocenters. The van der Waals surface area contributed by atoms with Gasteiger partial charge in [0.2, 0.25) is 5.91 Å². The fourth-order valence-electron chi connectivity index (χ4n) is 1.70. The lowest BCUT2D eigenvalue weighted by atomic mass is 10.2. The predicted octanol–water partition coefficient (Wildman–Crippen LogP) is -0.857. The fourth-order valence-corrected chi connectivity index (χ4v) is 1.70. The average molecular weight is 246 g/mol. The third-order valence-electron chi connectivity index (χ3n) is 2.72. The molecule has 0 spiro atoms. The van der Waals surface area contributed by atoms with Gasteiger partial charge >= 0.3 is 0 Å².